The molecule has 1 saturated carbocycles. The van der Waals surface area contributed by atoms with Gasteiger partial charge in [0, 0.05) is 85.1 Å². The summed E-state index contributed by atoms with van der Waals surface area (Å²) in [6.07, 6.45) is 10.0. The van der Waals surface area contributed by atoms with Crippen LogP contribution in [-0.4, -0.2) is 19.9 Å². The van der Waals surface area contributed by atoms with Crippen molar-refractivity contribution in [1.29, 1.82) is 0 Å². The van der Waals surface area contributed by atoms with Crippen LogP contribution in [-0.2, 0) is 60.3 Å². The minimum Gasteiger partial charge on any atom is -0.305 e. The maximum absolute atomic E-state index is 4.52. The number of pyridine rings is 4. The fourth-order valence-electron chi connectivity index (χ4n) is 8.19. The molecule has 0 unspecified atom stereocenters. The molecule has 0 amide bonds. The molecule has 12 rings (SSSR count). The molecule has 4 heterocycles. The number of rotatable bonds is 9. The molecule has 0 bridgehead atoms. The van der Waals surface area contributed by atoms with E-state index in [-0.39, 0.29) is 60.3 Å². The van der Waals surface area contributed by atoms with Crippen molar-refractivity contribution in [3.05, 3.63) is 290 Å². The van der Waals surface area contributed by atoms with E-state index in [0.717, 1.165) is 50.9 Å². The number of aryl methyl sites for hydroxylation is 1. The van der Waals surface area contributed by atoms with Gasteiger partial charge in [-0.05, 0) is 100 Å². The van der Waals surface area contributed by atoms with Gasteiger partial charge in [0.25, 0.3) is 0 Å². The van der Waals surface area contributed by atoms with Crippen LogP contribution in [0.2, 0.25) is 0 Å². The van der Waals surface area contributed by atoms with Crippen molar-refractivity contribution in [1.82, 2.24) is 19.9 Å². The van der Waals surface area contributed by atoms with Gasteiger partial charge in [0.2, 0.25) is 0 Å². The molecule has 0 spiro atoms. The van der Waals surface area contributed by atoms with E-state index in [2.05, 4.69) is 185 Å². The van der Waals surface area contributed by atoms with Crippen molar-refractivity contribution < 1.29 is 60.3 Å². The SMILES string of the molecule is CC(C)c1ccc(-c2cc[c-]c(-c3ccccn3)c2)cc1.Cc1ccc(-c2[c-]ccc(-c3ccccc3)c2)nc1.[Ir].[Ir].[Ir].[c-]1ccc(-c2ccccc2)cc1-c1cc(C2CC2)ccn1.[c-]1ccccc1-c1ccccn1. The van der Waals surface area contributed by atoms with E-state index in [0.29, 0.717) is 5.92 Å². The average molecular weight is 1520 g/mol. The molecule has 383 valence electrons. The fourth-order valence-corrected chi connectivity index (χ4v) is 8.19. The number of hydrogen-bond donors (Lipinski definition) is 0. The first-order chi connectivity index (χ1) is 35.9. The zero-order chi connectivity index (χ0) is 50.0. The molecule has 7 aromatic carbocycles. The van der Waals surface area contributed by atoms with Crippen LogP contribution in [0.25, 0.3) is 78.4 Å². The van der Waals surface area contributed by atoms with Crippen LogP contribution in [0.4, 0.5) is 0 Å². The third-order valence-corrected chi connectivity index (χ3v) is 12.4. The van der Waals surface area contributed by atoms with Crippen LogP contribution < -0.4 is 0 Å². The number of aromatic nitrogens is 4. The summed E-state index contributed by atoms with van der Waals surface area (Å²) in [5.41, 5.74) is 19.3. The van der Waals surface area contributed by atoms with Crippen molar-refractivity contribution in [2.75, 3.05) is 0 Å². The summed E-state index contributed by atoms with van der Waals surface area (Å²) in [6.45, 7) is 6.47. The van der Waals surface area contributed by atoms with Gasteiger partial charge in [0.1, 0.15) is 0 Å². The van der Waals surface area contributed by atoms with Crippen LogP contribution in [0, 0.1) is 31.2 Å². The Kier molecular flexibility index (Phi) is 23.0. The van der Waals surface area contributed by atoms with Crippen molar-refractivity contribution in [2.45, 2.75) is 45.4 Å². The fraction of sp³-hybridized carbons (Fsp3) is 0.101. The zero-order valence-corrected chi connectivity index (χ0v) is 49.7. The van der Waals surface area contributed by atoms with E-state index < -0.39 is 0 Å². The summed E-state index contributed by atoms with van der Waals surface area (Å²) >= 11 is 0. The van der Waals surface area contributed by atoms with Crippen LogP contribution in [0.15, 0.2) is 249 Å². The second kappa shape index (κ2) is 30.0. The molecule has 4 nitrogen and oxygen atoms in total. The first-order valence-electron chi connectivity index (χ1n) is 24.9. The van der Waals surface area contributed by atoms with Gasteiger partial charge in [-0.15, -0.1) is 142 Å². The largest absolute Gasteiger partial charge is 0.305 e. The molecule has 76 heavy (non-hydrogen) atoms. The van der Waals surface area contributed by atoms with Gasteiger partial charge in [-0.25, -0.2) is 0 Å². The molecule has 4 aromatic heterocycles. The summed E-state index contributed by atoms with van der Waals surface area (Å²) in [5, 5.41) is 0. The molecule has 0 aliphatic heterocycles. The Labute approximate surface area is 490 Å². The maximum atomic E-state index is 4.52. The maximum Gasteiger partial charge on any atom is 0.0190 e. The van der Waals surface area contributed by atoms with E-state index in [4.69, 9.17) is 0 Å². The second-order valence-electron chi connectivity index (χ2n) is 18.2. The minimum absolute atomic E-state index is 0. The summed E-state index contributed by atoms with van der Waals surface area (Å²) in [6, 6.07) is 89.3. The molecule has 1 aliphatic rings. The quantitative estimate of drug-likeness (QED) is 0.135. The summed E-state index contributed by atoms with van der Waals surface area (Å²) in [5.74, 6) is 1.32. The topological polar surface area (TPSA) is 51.6 Å². The van der Waals surface area contributed by atoms with Crippen molar-refractivity contribution >= 4 is 0 Å². The van der Waals surface area contributed by atoms with Crippen LogP contribution >= 0.6 is 0 Å². The molecule has 0 N–H and O–H groups in total. The van der Waals surface area contributed by atoms with E-state index in [9.17, 15) is 0 Å². The Morgan fingerprint density at radius 1 is 0.368 bits per heavy atom. The number of hydrogen-bond acceptors (Lipinski definition) is 4. The predicted molar refractivity (Wildman–Crippen MR) is 301 cm³/mol. The Bertz CT molecular complexity index is 3370. The predicted octanol–water partition coefficient (Wildman–Crippen LogP) is 17.5. The van der Waals surface area contributed by atoms with Crippen molar-refractivity contribution in [3.8, 4) is 78.4 Å². The summed E-state index contributed by atoms with van der Waals surface area (Å²) in [4.78, 5) is 17.6. The number of nitrogens with zero attached hydrogens (tertiary/aromatic N) is 4. The van der Waals surface area contributed by atoms with E-state index >= 15 is 0 Å². The molecule has 0 atom stereocenters. The van der Waals surface area contributed by atoms with Gasteiger partial charge in [-0.1, -0.05) is 147 Å². The van der Waals surface area contributed by atoms with Gasteiger partial charge in [-0.2, -0.15) is 0 Å². The van der Waals surface area contributed by atoms with E-state index in [1.54, 1.807) is 6.20 Å². The molecular weight excluding hydrogens is 1460 g/mol. The van der Waals surface area contributed by atoms with Gasteiger partial charge in [0.15, 0.2) is 0 Å². The first-order valence-corrected chi connectivity index (χ1v) is 24.9. The first kappa shape index (κ1) is 58.4. The van der Waals surface area contributed by atoms with E-state index in [1.165, 1.54) is 62.9 Å². The zero-order valence-electron chi connectivity index (χ0n) is 42.5. The molecule has 0 saturated heterocycles. The molecule has 1 aliphatic carbocycles. The second-order valence-corrected chi connectivity index (χ2v) is 18.2. The van der Waals surface area contributed by atoms with Crippen molar-refractivity contribution in [3.63, 3.8) is 0 Å². The normalized spacial score (nSPS) is 11.0. The van der Waals surface area contributed by atoms with Crippen LogP contribution in [0.1, 0.15) is 55.2 Å². The summed E-state index contributed by atoms with van der Waals surface area (Å²) < 4.78 is 0. The number of benzene rings is 7. The van der Waals surface area contributed by atoms with Gasteiger partial charge < -0.3 is 19.9 Å². The van der Waals surface area contributed by atoms with Gasteiger partial charge in [0.05, 0.1) is 0 Å². The minimum atomic E-state index is 0. The third kappa shape index (κ3) is 16.8. The smallest absolute Gasteiger partial charge is 0.0190 e. The standard InChI is InChI=1S/C20H16N.C20H18N.C18H14N.C11H8N.3Ir/c1-2-5-15(6-3-1)17-7-4-8-19(13-17)20-14-18(11-12-21-20)16-9-10-16;1-15(2)16-9-11-17(12-10-16)18-6-5-7-19(14-18)20-8-3-4-13-21-20;1-14-10-11-18(19-13-14)17-9-5-8-16(12-17)15-6-3-2-4-7-15;1-2-6-10(7-3-1)11-8-4-5-9-12-11;;;/h1-7,11-14,16H,9-10H2;3-6,8-15H,1-2H3;2-8,10-13H,1H3;1-6,8-9H;;;/q4*-1;;;. The van der Waals surface area contributed by atoms with Gasteiger partial charge in [-0.3, -0.25) is 0 Å². The molecule has 7 heteroatoms. The average Bonchev–Trinajstić information content (AvgIpc) is 4.34. The molecular formula is C69H56Ir3N4-4. The van der Waals surface area contributed by atoms with Crippen molar-refractivity contribution in [2.24, 2.45) is 0 Å². The van der Waals surface area contributed by atoms with Crippen LogP contribution in [0.3, 0.4) is 0 Å². The molecule has 11 aromatic rings. The third-order valence-electron chi connectivity index (χ3n) is 12.4. The van der Waals surface area contributed by atoms with Gasteiger partial charge >= 0.3 is 0 Å². The monoisotopic (exact) mass is 1520 g/mol. The Morgan fingerprint density at radius 3 is 1.29 bits per heavy atom. The Hall–Kier alpha value is -6.91. The Morgan fingerprint density at radius 2 is 0.829 bits per heavy atom. The molecule has 1 fully saturated rings. The summed E-state index contributed by atoms with van der Waals surface area (Å²) in [7, 11) is 0. The van der Waals surface area contributed by atoms with E-state index in [1.807, 2.05) is 123 Å². The van der Waals surface area contributed by atoms with Crippen LogP contribution in [0.5, 0.6) is 0 Å². The Balaban J connectivity index is 0.000000165. The molecule has 3 radical (unpaired) electrons.